The molecular weight excluding hydrogens is 214 g/mol. The van der Waals surface area contributed by atoms with Crippen LogP contribution in [0, 0.1) is 0 Å². The van der Waals surface area contributed by atoms with Crippen LogP contribution >= 0.6 is 0 Å². The van der Waals surface area contributed by atoms with Crippen LogP contribution in [0.15, 0.2) is 0 Å². The second-order valence-corrected chi connectivity index (χ2v) is 4.23. The van der Waals surface area contributed by atoms with E-state index in [4.69, 9.17) is 14.6 Å². The van der Waals surface area contributed by atoms with Gasteiger partial charge in [-0.3, -0.25) is 4.79 Å². The van der Waals surface area contributed by atoms with Gasteiger partial charge in [0.1, 0.15) is 5.60 Å². The van der Waals surface area contributed by atoms with Gasteiger partial charge >= 0.3 is 12.1 Å². The third kappa shape index (κ3) is 2.27. The maximum absolute atomic E-state index is 11.5. The molecule has 0 unspecified atom stereocenters. The van der Waals surface area contributed by atoms with Gasteiger partial charge in [-0.1, -0.05) is 0 Å². The molecule has 2 fully saturated rings. The van der Waals surface area contributed by atoms with Gasteiger partial charge in [0.25, 0.3) is 0 Å². The summed E-state index contributed by atoms with van der Waals surface area (Å²) in [4.78, 5) is 23.4. The summed E-state index contributed by atoms with van der Waals surface area (Å²) >= 11 is 0. The van der Waals surface area contributed by atoms with Gasteiger partial charge in [0, 0.05) is 19.4 Å². The van der Waals surface area contributed by atoms with Crippen molar-refractivity contribution >= 4 is 12.1 Å². The SMILES string of the molecule is O=C(O)CCN1CC2(CCOCC2)OC1=O. The van der Waals surface area contributed by atoms with Crippen molar-refractivity contribution in [2.45, 2.75) is 24.9 Å². The van der Waals surface area contributed by atoms with Crippen molar-refractivity contribution in [3.8, 4) is 0 Å². The summed E-state index contributed by atoms with van der Waals surface area (Å²) in [6.45, 7) is 1.90. The first-order valence-corrected chi connectivity index (χ1v) is 5.39. The van der Waals surface area contributed by atoms with Crippen molar-refractivity contribution in [1.82, 2.24) is 4.90 Å². The molecule has 90 valence electrons. The highest BCUT2D eigenvalue weighted by molar-refractivity contribution is 5.72. The minimum Gasteiger partial charge on any atom is -0.481 e. The second kappa shape index (κ2) is 4.29. The lowest BCUT2D eigenvalue weighted by Crippen LogP contribution is -2.40. The van der Waals surface area contributed by atoms with Gasteiger partial charge in [-0.2, -0.15) is 0 Å². The summed E-state index contributed by atoms with van der Waals surface area (Å²) in [5.41, 5.74) is -0.437. The van der Waals surface area contributed by atoms with Gasteiger partial charge in [0.2, 0.25) is 0 Å². The van der Waals surface area contributed by atoms with Crippen LogP contribution in [-0.2, 0) is 14.3 Å². The van der Waals surface area contributed by atoms with Crippen molar-refractivity contribution in [1.29, 1.82) is 0 Å². The van der Waals surface area contributed by atoms with E-state index in [-0.39, 0.29) is 13.0 Å². The highest BCUT2D eigenvalue weighted by Gasteiger charge is 2.45. The number of hydrogen-bond donors (Lipinski definition) is 1. The molecule has 16 heavy (non-hydrogen) atoms. The smallest absolute Gasteiger partial charge is 0.410 e. The van der Waals surface area contributed by atoms with Gasteiger partial charge in [-0.15, -0.1) is 0 Å². The molecule has 2 heterocycles. The van der Waals surface area contributed by atoms with E-state index in [2.05, 4.69) is 0 Å². The van der Waals surface area contributed by atoms with Crippen molar-refractivity contribution in [3.05, 3.63) is 0 Å². The molecule has 2 saturated heterocycles. The summed E-state index contributed by atoms with van der Waals surface area (Å²) in [6.07, 6.45) is 0.954. The molecule has 0 saturated carbocycles. The first-order valence-electron chi connectivity index (χ1n) is 5.39. The van der Waals surface area contributed by atoms with Crippen molar-refractivity contribution < 1.29 is 24.2 Å². The minimum atomic E-state index is -0.902. The Kier molecular flexibility index (Phi) is 3.00. The molecular formula is C10H15NO5. The Balaban J connectivity index is 1.92. The van der Waals surface area contributed by atoms with Crippen LogP contribution in [-0.4, -0.2) is 54.0 Å². The zero-order chi connectivity index (χ0) is 11.6. The highest BCUT2D eigenvalue weighted by Crippen LogP contribution is 2.32. The maximum Gasteiger partial charge on any atom is 0.410 e. The molecule has 0 aromatic carbocycles. The molecule has 2 aliphatic rings. The van der Waals surface area contributed by atoms with Gasteiger partial charge in [-0.05, 0) is 0 Å². The normalized spacial score (nSPS) is 23.5. The number of hydrogen-bond acceptors (Lipinski definition) is 4. The lowest BCUT2D eigenvalue weighted by Gasteiger charge is -2.30. The summed E-state index contributed by atoms with van der Waals surface area (Å²) in [6, 6.07) is 0. The van der Waals surface area contributed by atoms with Gasteiger partial charge < -0.3 is 19.5 Å². The molecule has 1 N–H and O–H groups in total. The average Bonchev–Trinajstić information content (AvgIpc) is 2.53. The summed E-state index contributed by atoms with van der Waals surface area (Å²) in [5.74, 6) is -0.902. The summed E-state index contributed by atoms with van der Waals surface area (Å²) in [7, 11) is 0. The number of ether oxygens (including phenoxy) is 2. The Hall–Kier alpha value is -1.30. The van der Waals surface area contributed by atoms with Crippen LogP contribution in [0.25, 0.3) is 0 Å². The van der Waals surface area contributed by atoms with Crippen LogP contribution < -0.4 is 0 Å². The van der Waals surface area contributed by atoms with E-state index < -0.39 is 17.7 Å². The standard InChI is InChI=1S/C10H15NO5/c12-8(13)1-4-11-7-10(16-9(11)14)2-5-15-6-3-10/h1-7H2,(H,12,13). The molecule has 2 aliphatic heterocycles. The number of carboxylic acids is 1. The monoisotopic (exact) mass is 229 g/mol. The van der Waals surface area contributed by atoms with E-state index in [1.165, 1.54) is 4.90 Å². The molecule has 0 aliphatic carbocycles. The topological polar surface area (TPSA) is 76.1 Å². The van der Waals surface area contributed by atoms with Gasteiger partial charge in [0.05, 0.1) is 26.2 Å². The molecule has 0 aromatic heterocycles. The number of aliphatic carboxylic acids is 1. The fraction of sp³-hybridized carbons (Fsp3) is 0.800. The van der Waals surface area contributed by atoms with Gasteiger partial charge in [-0.25, -0.2) is 4.79 Å². The third-order valence-corrected chi connectivity index (χ3v) is 3.04. The van der Waals surface area contributed by atoms with Crippen molar-refractivity contribution in [2.24, 2.45) is 0 Å². The number of carbonyl (C=O) groups is 2. The van der Waals surface area contributed by atoms with Crippen LogP contribution in [0.3, 0.4) is 0 Å². The second-order valence-electron chi connectivity index (χ2n) is 4.23. The Labute approximate surface area is 93.1 Å². The lowest BCUT2D eigenvalue weighted by molar-refractivity contribution is -0.137. The first-order chi connectivity index (χ1) is 7.61. The molecule has 1 amide bonds. The van der Waals surface area contributed by atoms with Crippen LogP contribution in [0.1, 0.15) is 19.3 Å². The zero-order valence-corrected chi connectivity index (χ0v) is 8.98. The number of carbonyl (C=O) groups excluding carboxylic acids is 1. The highest BCUT2D eigenvalue weighted by atomic mass is 16.6. The fourth-order valence-electron chi connectivity index (χ4n) is 2.10. The van der Waals surface area contributed by atoms with E-state index in [1.807, 2.05) is 0 Å². The molecule has 6 nitrogen and oxygen atoms in total. The van der Waals surface area contributed by atoms with E-state index in [0.717, 1.165) is 0 Å². The van der Waals surface area contributed by atoms with Crippen molar-refractivity contribution in [3.63, 3.8) is 0 Å². The molecule has 0 radical (unpaired) electrons. The Morgan fingerprint density at radius 3 is 2.75 bits per heavy atom. The summed E-state index contributed by atoms with van der Waals surface area (Å²) < 4.78 is 10.6. The molecule has 2 rings (SSSR count). The molecule has 0 bridgehead atoms. The van der Waals surface area contributed by atoms with Crippen molar-refractivity contribution in [2.75, 3.05) is 26.3 Å². The largest absolute Gasteiger partial charge is 0.481 e. The Morgan fingerprint density at radius 1 is 1.44 bits per heavy atom. The van der Waals surface area contributed by atoms with Crippen LogP contribution in [0.2, 0.25) is 0 Å². The lowest BCUT2D eigenvalue weighted by atomic mass is 9.94. The third-order valence-electron chi connectivity index (χ3n) is 3.04. The first kappa shape index (κ1) is 11.2. The number of carboxylic acid groups (broad SMARTS) is 1. The van der Waals surface area contributed by atoms with E-state index in [1.54, 1.807) is 0 Å². The molecule has 0 atom stereocenters. The summed E-state index contributed by atoms with van der Waals surface area (Å²) in [5, 5.41) is 8.56. The predicted octanol–water partition coefficient (Wildman–Crippen LogP) is 0.463. The molecule has 6 heteroatoms. The van der Waals surface area contributed by atoms with Gasteiger partial charge in [0.15, 0.2) is 0 Å². The Morgan fingerprint density at radius 2 is 2.12 bits per heavy atom. The number of nitrogens with zero attached hydrogens (tertiary/aromatic N) is 1. The fourth-order valence-corrected chi connectivity index (χ4v) is 2.10. The number of amides is 1. The van der Waals surface area contributed by atoms with E-state index in [9.17, 15) is 9.59 Å². The maximum atomic E-state index is 11.5. The van der Waals surface area contributed by atoms with Crippen LogP contribution in [0.5, 0.6) is 0 Å². The van der Waals surface area contributed by atoms with E-state index >= 15 is 0 Å². The molecule has 1 spiro atoms. The Bertz CT molecular complexity index is 298. The average molecular weight is 229 g/mol. The van der Waals surface area contributed by atoms with Crippen LogP contribution in [0.4, 0.5) is 4.79 Å². The predicted molar refractivity (Wildman–Crippen MR) is 53.1 cm³/mol. The van der Waals surface area contributed by atoms with E-state index in [0.29, 0.717) is 32.6 Å². The number of rotatable bonds is 3. The zero-order valence-electron chi connectivity index (χ0n) is 8.98. The minimum absolute atomic E-state index is 0.0400. The quantitative estimate of drug-likeness (QED) is 0.761. The molecule has 0 aromatic rings.